The van der Waals surface area contributed by atoms with Gasteiger partial charge in [0.2, 0.25) is 0 Å². The number of anilines is 3. The monoisotopic (exact) mass is 756 g/mol. The number of hydrogen-bond acceptors (Lipinski definition) is 2. The van der Waals surface area contributed by atoms with Crippen LogP contribution in [0.15, 0.2) is 223 Å². The predicted octanol–water partition coefficient (Wildman–Crippen LogP) is 15.8. The summed E-state index contributed by atoms with van der Waals surface area (Å²) < 4.78 is 47.6. The van der Waals surface area contributed by atoms with E-state index in [1.165, 1.54) is 0 Å². The van der Waals surface area contributed by atoms with Crippen LogP contribution in [0.1, 0.15) is 5.48 Å². The van der Waals surface area contributed by atoms with Crippen molar-refractivity contribution in [2.75, 3.05) is 4.90 Å². The summed E-state index contributed by atoms with van der Waals surface area (Å²) in [4.78, 5) is 1.90. The summed E-state index contributed by atoms with van der Waals surface area (Å²) >= 11 is 0. The maximum Gasteiger partial charge on any atom is 0.143 e. The molecule has 0 bridgehead atoms. The minimum atomic E-state index is -0.150. The van der Waals surface area contributed by atoms with Crippen LogP contribution in [-0.2, 0) is 0 Å². The van der Waals surface area contributed by atoms with Gasteiger partial charge in [-0.25, -0.2) is 0 Å². The van der Waals surface area contributed by atoms with Crippen molar-refractivity contribution < 1.29 is 9.90 Å². The van der Waals surface area contributed by atoms with Crippen LogP contribution in [0.25, 0.3) is 93.2 Å². The summed E-state index contributed by atoms with van der Waals surface area (Å²) in [7, 11) is 0. The molecule has 0 amide bonds. The molecule has 0 atom stereocenters. The standard InChI is InChI=1S/C56H36N2O/c1-2-15-42-37(13-1)14-11-20-43(42)38-27-29-39(30-28-38)57(40-31-33-41(34-32-40)58-53-24-8-4-17-47(53)48-18-5-9-25-54(48)58)52-23-7-3-16-46(52)44-21-12-22-50-45(44)35-36-51-49-19-6-10-26-55(49)59-56(50)51/h1-36H/i31D,32D,33D,34D. The van der Waals surface area contributed by atoms with Crippen LogP contribution < -0.4 is 4.90 Å². The molecule has 0 unspecified atom stereocenters. The number of nitrogens with zero attached hydrogens (tertiary/aromatic N) is 2. The van der Waals surface area contributed by atoms with Gasteiger partial charge in [0, 0.05) is 49.6 Å². The molecule has 0 N–H and O–H groups in total. The van der Waals surface area contributed by atoms with Gasteiger partial charge in [-0.15, -0.1) is 0 Å². The first kappa shape index (κ1) is 29.4. The van der Waals surface area contributed by atoms with Gasteiger partial charge in [-0.1, -0.05) is 152 Å². The summed E-state index contributed by atoms with van der Waals surface area (Å²) in [6.07, 6.45) is 0. The van der Waals surface area contributed by atoms with Gasteiger partial charge in [0.25, 0.3) is 0 Å². The van der Waals surface area contributed by atoms with E-state index in [1.54, 1.807) is 0 Å². The molecule has 0 spiro atoms. The van der Waals surface area contributed by atoms with Crippen molar-refractivity contribution >= 4 is 82.4 Å². The molecule has 0 fully saturated rings. The Morgan fingerprint density at radius 3 is 1.75 bits per heavy atom. The van der Waals surface area contributed by atoms with E-state index in [2.05, 4.69) is 84.9 Å². The van der Waals surface area contributed by atoms with Crippen molar-refractivity contribution in [2.24, 2.45) is 0 Å². The van der Waals surface area contributed by atoms with Crippen LogP contribution in [-0.4, -0.2) is 4.57 Å². The van der Waals surface area contributed by atoms with E-state index in [0.29, 0.717) is 11.4 Å². The van der Waals surface area contributed by atoms with Crippen LogP contribution in [0.3, 0.4) is 0 Å². The maximum absolute atomic E-state index is 9.88. The van der Waals surface area contributed by atoms with Crippen LogP contribution >= 0.6 is 0 Å². The van der Waals surface area contributed by atoms with E-state index in [0.717, 1.165) is 87.5 Å². The van der Waals surface area contributed by atoms with E-state index < -0.39 is 0 Å². The second-order valence-electron chi connectivity index (χ2n) is 14.9. The number of fused-ring (bicyclic) bond motifs is 9. The van der Waals surface area contributed by atoms with Gasteiger partial charge in [-0.2, -0.15) is 0 Å². The highest BCUT2D eigenvalue weighted by Gasteiger charge is 2.21. The fraction of sp³-hybridized carbons (Fsp3) is 0. The highest BCUT2D eigenvalue weighted by Crippen LogP contribution is 2.45. The molecule has 0 aliphatic heterocycles. The van der Waals surface area contributed by atoms with Crippen LogP contribution in [0.4, 0.5) is 17.1 Å². The van der Waals surface area contributed by atoms with Crippen molar-refractivity contribution in [1.29, 1.82) is 0 Å². The van der Waals surface area contributed by atoms with E-state index in [4.69, 9.17) is 4.42 Å². The maximum atomic E-state index is 9.88. The van der Waals surface area contributed by atoms with Crippen molar-refractivity contribution in [3.63, 3.8) is 0 Å². The summed E-state index contributed by atoms with van der Waals surface area (Å²) in [6.45, 7) is 0. The van der Waals surface area contributed by atoms with Gasteiger partial charge >= 0.3 is 0 Å². The zero-order valence-electron chi connectivity index (χ0n) is 35.8. The third kappa shape index (κ3) is 5.29. The molecule has 0 saturated carbocycles. The van der Waals surface area contributed by atoms with Gasteiger partial charge in [0.05, 0.1) is 22.2 Å². The average Bonchev–Trinajstić information content (AvgIpc) is 3.88. The molecular weight excluding hydrogens is 717 g/mol. The van der Waals surface area contributed by atoms with Crippen molar-refractivity contribution in [2.45, 2.75) is 0 Å². The molecule has 0 aliphatic carbocycles. The Balaban J connectivity index is 1.10. The molecule has 0 saturated heterocycles. The average molecular weight is 757 g/mol. The molecule has 10 aromatic carbocycles. The minimum absolute atomic E-state index is 0.134. The summed E-state index contributed by atoms with van der Waals surface area (Å²) in [5.41, 5.74) is 8.95. The molecule has 2 aromatic heterocycles. The highest BCUT2D eigenvalue weighted by molar-refractivity contribution is 6.18. The third-order valence-corrected chi connectivity index (χ3v) is 11.7. The SMILES string of the molecule is [2H]c1c([2H])c(-n2c3ccccc3c3ccccc32)c([2H])c([2H])c1N(c1ccc(-c2cccc3ccccc23)cc1)c1ccccc1-c1cccc2c1ccc1c3ccccc3oc21. The Labute approximate surface area is 346 Å². The Hall–Kier alpha value is -7.88. The fourth-order valence-corrected chi connectivity index (χ4v) is 9.01. The predicted molar refractivity (Wildman–Crippen MR) is 249 cm³/mol. The topological polar surface area (TPSA) is 21.3 Å². The van der Waals surface area contributed by atoms with Crippen molar-refractivity contribution in [3.05, 3.63) is 218 Å². The third-order valence-electron chi connectivity index (χ3n) is 11.7. The lowest BCUT2D eigenvalue weighted by atomic mass is 9.94. The fourth-order valence-electron chi connectivity index (χ4n) is 9.01. The van der Waals surface area contributed by atoms with E-state index >= 15 is 0 Å². The van der Waals surface area contributed by atoms with Gasteiger partial charge < -0.3 is 13.9 Å². The van der Waals surface area contributed by atoms with E-state index in [9.17, 15) is 5.48 Å². The lowest BCUT2D eigenvalue weighted by molar-refractivity contribution is 0.672. The van der Waals surface area contributed by atoms with Gasteiger partial charge in [-0.3, -0.25) is 0 Å². The van der Waals surface area contributed by atoms with Gasteiger partial charge in [0.1, 0.15) is 11.2 Å². The quantitative estimate of drug-likeness (QED) is 0.168. The summed E-state index contributed by atoms with van der Waals surface area (Å²) in [5.74, 6) is 0. The molecule has 3 nitrogen and oxygen atoms in total. The normalized spacial score (nSPS) is 12.7. The second kappa shape index (κ2) is 13.4. The smallest absolute Gasteiger partial charge is 0.143 e. The first-order chi connectivity index (χ1) is 31.0. The number of benzene rings is 10. The molecule has 12 aromatic rings. The van der Waals surface area contributed by atoms with E-state index in [-0.39, 0.29) is 35.5 Å². The lowest BCUT2D eigenvalue weighted by Gasteiger charge is -2.28. The Morgan fingerprint density at radius 1 is 0.390 bits per heavy atom. The largest absolute Gasteiger partial charge is 0.455 e. The van der Waals surface area contributed by atoms with Gasteiger partial charge in [-0.05, 0) is 99.5 Å². The molecule has 276 valence electrons. The molecule has 59 heavy (non-hydrogen) atoms. The number of rotatable bonds is 6. The molecule has 3 heteroatoms. The van der Waals surface area contributed by atoms with E-state index in [1.807, 2.05) is 119 Å². The number of hydrogen-bond donors (Lipinski definition) is 0. The highest BCUT2D eigenvalue weighted by atomic mass is 16.3. The first-order valence-corrected chi connectivity index (χ1v) is 19.9. The zero-order valence-corrected chi connectivity index (χ0v) is 31.8. The van der Waals surface area contributed by atoms with Crippen LogP contribution in [0.5, 0.6) is 0 Å². The Bertz CT molecular complexity index is 3720. The minimum Gasteiger partial charge on any atom is -0.455 e. The first-order valence-electron chi connectivity index (χ1n) is 21.9. The van der Waals surface area contributed by atoms with Gasteiger partial charge in [0.15, 0.2) is 0 Å². The van der Waals surface area contributed by atoms with Crippen LogP contribution in [0, 0.1) is 0 Å². The molecule has 0 radical (unpaired) electrons. The molecule has 2 heterocycles. The Kier molecular flexibility index (Phi) is 6.65. The number of furan rings is 1. The summed E-state index contributed by atoms with van der Waals surface area (Å²) in [6, 6.07) is 64.7. The molecular formula is C56H36N2O. The lowest BCUT2D eigenvalue weighted by Crippen LogP contribution is -2.11. The van der Waals surface area contributed by atoms with Crippen molar-refractivity contribution in [1.82, 2.24) is 4.57 Å². The van der Waals surface area contributed by atoms with Crippen LogP contribution in [0.2, 0.25) is 0 Å². The van der Waals surface area contributed by atoms with Crippen molar-refractivity contribution in [3.8, 4) is 27.9 Å². The zero-order chi connectivity index (χ0) is 42.3. The second-order valence-corrected chi connectivity index (χ2v) is 14.9. The number of aromatic nitrogens is 1. The molecule has 12 rings (SSSR count). The summed E-state index contributed by atoms with van der Waals surface area (Å²) in [5, 5.41) is 8.32. The molecule has 0 aliphatic rings. The Morgan fingerprint density at radius 2 is 0.949 bits per heavy atom. The number of para-hydroxylation sites is 4.